The van der Waals surface area contributed by atoms with Gasteiger partial charge in [0.1, 0.15) is 12.2 Å². The number of carbonyl (C=O) groups is 1. The molecule has 0 spiro atoms. The van der Waals surface area contributed by atoms with Crippen LogP contribution in [0.25, 0.3) is 11.4 Å². The van der Waals surface area contributed by atoms with Gasteiger partial charge in [0.15, 0.2) is 5.82 Å². The monoisotopic (exact) mass is 460 g/mol. The number of aromatic nitrogens is 2. The molecular formula is C23H32N4O6. The number of rotatable bonds is 11. The minimum atomic E-state index is -1.24. The van der Waals surface area contributed by atoms with Crippen LogP contribution in [0.4, 0.5) is 5.69 Å². The predicted octanol–water partition coefficient (Wildman–Crippen LogP) is 0.573. The van der Waals surface area contributed by atoms with E-state index in [0.29, 0.717) is 30.2 Å². The number of nitrogens with one attached hydrogen (secondary N) is 1. The number of piperidine rings is 1. The zero-order valence-corrected chi connectivity index (χ0v) is 18.4. The second-order valence-electron chi connectivity index (χ2n) is 8.31. The molecule has 1 fully saturated rings. The molecule has 1 aliphatic rings. The van der Waals surface area contributed by atoms with E-state index in [1.165, 1.54) is 0 Å². The van der Waals surface area contributed by atoms with Gasteiger partial charge < -0.3 is 30.8 Å². The molecule has 0 bridgehead atoms. The first-order chi connectivity index (χ1) is 15.9. The Bertz CT molecular complexity index is 900. The molecule has 6 N–H and O–H groups in total. The van der Waals surface area contributed by atoms with E-state index in [2.05, 4.69) is 15.3 Å². The fourth-order valence-electron chi connectivity index (χ4n) is 4.09. The Morgan fingerprint density at radius 3 is 2.45 bits per heavy atom. The number of carboxylic acid groups (broad SMARTS) is 1. The molecule has 0 aliphatic carbocycles. The van der Waals surface area contributed by atoms with Gasteiger partial charge in [-0.2, -0.15) is 0 Å². The molecule has 1 aromatic carbocycles. The van der Waals surface area contributed by atoms with Crippen molar-refractivity contribution < 1.29 is 30.3 Å². The number of nitrogens with zero attached hydrogens (tertiary/aromatic N) is 3. The molecular weight excluding hydrogens is 428 g/mol. The number of hydrogen-bond acceptors (Lipinski definition) is 9. The molecule has 1 aromatic heterocycles. The Balaban J connectivity index is 1.44. The first-order valence-electron chi connectivity index (χ1n) is 11.2. The molecule has 1 saturated heterocycles. The summed E-state index contributed by atoms with van der Waals surface area (Å²) in [4.78, 5) is 21.7. The van der Waals surface area contributed by atoms with Crippen molar-refractivity contribution in [2.75, 3.05) is 31.6 Å². The first-order valence-corrected chi connectivity index (χ1v) is 11.2. The summed E-state index contributed by atoms with van der Waals surface area (Å²) in [5, 5.41) is 51.9. The Kier molecular flexibility index (Phi) is 9.10. The summed E-state index contributed by atoms with van der Waals surface area (Å²) in [5.41, 5.74) is 1.49. The normalized spacial score (nSPS) is 23.4. The number of benzene rings is 1. The number of aromatic carboxylic acids is 1. The summed E-state index contributed by atoms with van der Waals surface area (Å²) in [6.45, 7) is 1.23. The molecule has 0 amide bonds. The van der Waals surface area contributed by atoms with E-state index in [1.807, 2.05) is 11.0 Å². The van der Waals surface area contributed by atoms with Crippen LogP contribution >= 0.6 is 0 Å². The lowest BCUT2D eigenvalue weighted by atomic mass is 9.94. The molecule has 10 heteroatoms. The minimum absolute atomic E-state index is 0.164. The molecule has 33 heavy (non-hydrogen) atoms. The lowest BCUT2D eigenvalue weighted by molar-refractivity contribution is -0.145. The molecule has 3 rings (SSSR count). The van der Waals surface area contributed by atoms with E-state index in [4.69, 9.17) is 0 Å². The van der Waals surface area contributed by atoms with E-state index >= 15 is 0 Å². The van der Waals surface area contributed by atoms with Crippen molar-refractivity contribution >= 4 is 11.7 Å². The number of likely N-dealkylation sites (tertiary alicyclic amines) is 1. The van der Waals surface area contributed by atoms with Crippen LogP contribution < -0.4 is 5.32 Å². The third kappa shape index (κ3) is 6.68. The van der Waals surface area contributed by atoms with Crippen LogP contribution in [-0.4, -0.2) is 97.0 Å². The maximum atomic E-state index is 11.5. The number of aliphatic hydroxyl groups excluding tert-OH is 4. The molecule has 10 nitrogen and oxygen atoms in total. The van der Waals surface area contributed by atoms with Crippen molar-refractivity contribution in [1.29, 1.82) is 0 Å². The summed E-state index contributed by atoms with van der Waals surface area (Å²) >= 11 is 0. The highest BCUT2D eigenvalue weighted by molar-refractivity contribution is 5.90. The van der Waals surface area contributed by atoms with Crippen LogP contribution in [0.3, 0.4) is 0 Å². The third-order valence-corrected chi connectivity index (χ3v) is 5.92. The number of carboxylic acids is 1. The lowest BCUT2D eigenvalue weighted by Gasteiger charge is -2.43. The summed E-state index contributed by atoms with van der Waals surface area (Å²) in [7, 11) is 0. The van der Waals surface area contributed by atoms with Gasteiger partial charge in [0, 0.05) is 36.7 Å². The van der Waals surface area contributed by atoms with Gasteiger partial charge in [-0.15, -0.1) is 0 Å². The molecule has 4 atom stereocenters. The van der Waals surface area contributed by atoms with E-state index < -0.39 is 30.3 Å². The van der Waals surface area contributed by atoms with Crippen molar-refractivity contribution in [2.24, 2.45) is 0 Å². The van der Waals surface area contributed by atoms with E-state index in [-0.39, 0.29) is 18.7 Å². The van der Waals surface area contributed by atoms with Gasteiger partial charge in [0.2, 0.25) is 0 Å². The second kappa shape index (κ2) is 12.0. The highest BCUT2D eigenvalue weighted by Crippen LogP contribution is 2.23. The topological polar surface area (TPSA) is 159 Å². The lowest BCUT2D eigenvalue weighted by Crippen LogP contribution is -2.62. The summed E-state index contributed by atoms with van der Waals surface area (Å²) in [6.07, 6.45) is 3.35. The van der Waals surface area contributed by atoms with Crippen LogP contribution in [0.1, 0.15) is 36.0 Å². The van der Waals surface area contributed by atoms with Crippen LogP contribution in [0.15, 0.2) is 36.7 Å². The molecule has 180 valence electrons. The predicted molar refractivity (Wildman–Crippen MR) is 122 cm³/mol. The van der Waals surface area contributed by atoms with Gasteiger partial charge in [-0.25, -0.2) is 14.8 Å². The van der Waals surface area contributed by atoms with Crippen LogP contribution in [0, 0.1) is 0 Å². The third-order valence-electron chi connectivity index (χ3n) is 5.92. The largest absolute Gasteiger partial charge is 0.478 e. The molecule has 2 aromatic rings. The Morgan fingerprint density at radius 1 is 1.03 bits per heavy atom. The first kappa shape index (κ1) is 25.0. The number of β-amino-alcohol motifs (C(OH)–C–C–N with tert-alkyl or cyclic N) is 1. The maximum Gasteiger partial charge on any atom is 0.335 e. The number of aliphatic hydroxyl groups is 4. The van der Waals surface area contributed by atoms with Crippen molar-refractivity contribution in [2.45, 2.75) is 50.0 Å². The van der Waals surface area contributed by atoms with Crippen molar-refractivity contribution in [3.05, 3.63) is 42.2 Å². The minimum Gasteiger partial charge on any atom is -0.478 e. The van der Waals surface area contributed by atoms with Gasteiger partial charge in [0.05, 0.1) is 24.3 Å². The maximum absolute atomic E-state index is 11.5. The zero-order chi connectivity index (χ0) is 23.8. The van der Waals surface area contributed by atoms with E-state index in [1.54, 1.807) is 30.6 Å². The van der Waals surface area contributed by atoms with Crippen molar-refractivity contribution in [3.8, 4) is 11.4 Å². The van der Waals surface area contributed by atoms with Gasteiger partial charge in [0.25, 0.3) is 0 Å². The standard InChI is InChI=1S/C23H32N4O6/c28-14-18-20(30)21(31)19(29)13-27(18)9-4-2-1-3-6-24-17-11-15(10-16(12-17)23(32)33)22-25-7-5-8-26-22/h5,7-8,10-12,18-21,24,28-31H,1-4,6,9,13-14H2,(H,32,33)/t18-,19+,20-,21-/m1/s1. The van der Waals surface area contributed by atoms with Gasteiger partial charge in [-0.1, -0.05) is 12.8 Å². The Hall–Kier alpha value is -2.63. The summed E-state index contributed by atoms with van der Waals surface area (Å²) in [5.74, 6) is -0.553. The Morgan fingerprint density at radius 2 is 1.76 bits per heavy atom. The highest BCUT2D eigenvalue weighted by Gasteiger charge is 2.40. The molecule has 0 radical (unpaired) electrons. The summed E-state index contributed by atoms with van der Waals surface area (Å²) < 4.78 is 0. The average molecular weight is 461 g/mol. The smallest absolute Gasteiger partial charge is 0.335 e. The molecule has 1 aliphatic heterocycles. The Labute approximate surface area is 192 Å². The van der Waals surface area contributed by atoms with Crippen LogP contribution in [0.2, 0.25) is 0 Å². The average Bonchev–Trinajstić information content (AvgIpc) is 2.82. The van der Waals surface area contributed by atoms with Crippen LogP contribution in [-0.2, 0) is 0 Å². The number of hydrogen-bond donors (Lipinski definition) is 6. The number of unbranched alkanes of at least 4 members (excludes halogenated alkanes) is 3. The van der Waals surface area contributed by atoms with Crippen LogP contribution in [0.5, 0.6) is 0 Å². The van der Waals surface area contributed by atoms with Crippen molar-refractivity contribution in [3.63, 3.8) is 0 Å². The fraction of sp³-hybridized carbons (Fsp3) is 0.522. The SMILES string of the molecule is O=C(O)c1cc(NCCCCCCN2C[C@H](O)[C@@H](O)[C@H](O)[C@H]2CO)cc(-c2ncccn2)c1. The second-order valence-corrected chi connectivity index (χ2v) is 8.31. The number of anilines is 1. The van der Waals surface area contributed by atoms with Gasteiger partial charge in [-0.05, 0) is 43.7 Å². The molecule has 0 unspecified atom stereocenters. The van der Waals surface area contributed by atoms with Gasteiger partial charge >= 0.3 is 5.97 Å². The van der Waals surface area contributed by atoms with Crippen molar-refractivity contribution in [1.82, 2.24) is 14.9 Å². The zero-order valence-electron chi connectivity index (χ0n) is 18.4. The quantitative estimate of drug-likeness (QED) is 0.262. The molecule has 2 heterocycles. The van der Waals surface area contributed by atoms with E-state index in [9.17, 15) is 30.3 Å². The highest BCUT2D eigenvalue weighted by atomic mass is 16.4. The van der Waals surface area contributed by atoms with E-state index in [0.717, 1.165) is 25.7 Å². The van der Waals surface area contributed by atoms with Gasteiger partial charge in [-0.3, -0.25) is 4.90 Å². The molecule has 0 saturated carbocycles. The summed E-state index contributed by atoms with van der Waals surface area (Å²) in [6, 6.07) is 6.10. The fourth-order valence-corrected chi connectivity index (χ4v) is 4.09.